The molecule has 5 aromatic rings. The number of H-pyrrole nitrogens is 1. The highest BCUT2D eigenvalue weighted by Gasteiger charge is 2.20. The molecule has 5 rings (SSSR count). The summed E-state index contributed by atoms with van der Waals surface area (Å²) in [6.45, 7) is 0.469. The Bertz CT molecular complexity index is 1380. The van der Waals surface area contributed by atoms with Crippen molar-refractivity contribution in [3.63, 3.8) is 0 Å². The molecule has 0 unspecified atom stereocenters. The van der Waals surface area contributed by atoms with Crippen LogP contribution in [0, 0.1) is 5.82 Å². The van der Waals surface area contributed by atoms with E-state index in [1.54, 1.807) is 23.7 Å². The predicted octanol–water partition coefficient (Wildman–Crippen LogP) is 6.17. The molecule has 34 heavy (non-hydrogen) atoms. The third-order valence-electron chi connectivity index (χ3n) is 5.08. The van der Waals surface area contributed by atoms with Gasteiger partial charge in [0.25, 0.3) is 5.91 Å². The summed E-state index contributed by atoms with van der Waals surface area (Å²) in [4.78, 5) is 24.9. The number of rotatable bonds is 7. The number of anilines is 1. The topological polar surface area (TPSA) is 79.9 Å². The quantitative estimate of drug-likeness (QED) is 0.298. The molecule has 0 spiro atoms. The molecule has 168 valence electrons. The monoisotopic (exact) mass is 470 g/mol. The van der Waals surface area contributed by atoms with Crippen molar-refractivity contribution in [3.8, 4) is 28.4 Å². The molecule has 0 fully saturated rings. The molecule has 0 aliphatic carbocycles. The number of carbonyl (C=O) groups is 1. The molecule has 6 nitrogen and oxygen atoms in total. The van der Waals surface area contributed by atoms with Gasteiger partial charge in [-0.15, -0.1) is 11.3 Å². The van der Waals surface area contributed by atoms with E-state index in [0.717, 1.165) is 16.9 Å². The molecule has 0 radical (unpaired) electrons. The maximum atomic E-state index is 13.5. The van der Waals surface area contributed by atoms with Gasteiger partial charge in [0.1, 0.15) is 35.4 Å². The van der Waals surface area contributed by atoms with Crippen LogP contribution in [0.4, 0.5) is 9.52 Å². The highest BCUT2D eigenvalue weighted by molar-refractivity contribution is 7.13. The van der Waals surface area contributed by atoms with Gasteiger partial charge in [0.2, 0.25) is 0 Å². The van der Waals surface area contributed by atoms with Crippen LogP contribution >= 0.6 is 11.3 Å². The van der Waals surface area contributed by atoms with E-state index >= 15 is 0 Å². The average molecular weight is 471 g/mol. The van der Waals surface area contributed by atoms with Gasteiger partial charge < -0.3 is 9.72 Å². The molecule has 2 aromatic heterocycles. The number of amides is 1. The minimum Gasteiger partial charge on any atom is -0.489 e. The minimum absolute atomic E-state index is 0.265. The maximum absolute atomic E-state index is 13.5. The Morgan fingerprint density at radius 2 is 1.71 bits per heavy atom. The first-order valence-electron chi connectivity index (χ1n) is 10.5. The van der Waals surface area contributed by atoms with Crippen LogP contribution in [-0.2, 0) is 6.61 Å². The van der Waals surface area contributed by atoms with Gasteiger partial charge in [-0.3, -0.25) is 10.1 Å². The first kappa shape index (κ1) is 21.5. The number of imidazole rings is 1. The lowest BCUT2D eigenvalue weighted by Gasteiger charge is -2.06. The second-order valence-electron chi connectivity index (χ2n) is 7.41. The van der Waals surface area contributed by atoms with Crippen molar-refractivity contribution in [1.29, 1.82) is 0 Å². The number of halogens is 1. The van der Waals surface area contributed by atoms with E-state index in [1.807, 2.05) is 54.6 Å². The Hall–Kier alpha value is -4.30. The number of ether oxygens (including phenoxy) is 1. The predicted molar refractivity (Wildman–Crippen MR) is 130 cm³/mol. The molecule has 0 atom stereocenters. The second kappa shape index (κ2) is 9.68. The number of hydrogen-bond donors (Lipinski definition) is 2. The Morgan fingerprint density at radius 3 is 2.41 bits per heavy atom. The Labute approximate surface area is 199 Å². The molecular formula is C26H19FN4O2S. The zero-order chi connectivity index (χ0) is 23.3. The van der Waals surface area contributed by atoms with Crippen LogP contribution in [0.2, 0.25) is 0 Å². The molecule has 0 aliphatic rings. The summed E-state index contributed by atoms with van der Waals surface area (Å²) in [6, 6.07) is 23.2. The van der Waals surface area contributed by atoms with Crippen molar-refractivity contribution in [2.45, 2.75) is 6.61 Å². The van der Waals surface area contributed by atoms with Gasteiger partial charge in [-0.1, -0.05) is 30.3 Å². The number of hydrogen-bond acceptors (Lipinski definition) is 5. The number of benzene rings is 3. The number of aromatic amines is 1. The molecule has 0 saturated heterocycles. The van der Waals surface area contributed by atoms with Crippen molar-refractivity contribution in [3.05, 3.63) is 108 Å². The molecule has 3 aromatic carbocycles. The average Bonchev–Trinajstić information content (AvgIpc) is 3.55. The van der Waals surface area contributed by atoms with Gasteiger partial charge in [-0.25, -0.2) is 14.4 Å². The maximum Gasteiger partial charge on any atom is 0.276 e. The standard InChI is InChI=1S/C26H19FN4O2S/c27-20-10-6-18(7-11-20)22-23(25(32)31-26-28-14-15-34-26)30-24(29-22)19-8-12-21(13-9-19)33-16-17-4-2-1-3-5-17/h1-15H,16H2,(H,29,30)(H,28,31,32). The molecule has 1 amide bonds. The highest BCUT2D eigenvalue weighted by Crippen LogP contribution is 2.28. The first-order valence-corrected chi connectivity index (χ1v) is 11.4. The van der Waals surface area contributed by atoms with Crippen molar-refractivity contribution in [2.24, 2.45) is 0 Å². The van der Waals surface area contributed by atoms with E-state index in [4.69, 9.17) is 4.74 Å². The van der Waals surface area contributed by atoms with Gasteiger partial charge in [-0.2, -0.15) is 0 Å². The van der Waals surface area contributed by atoms with Crippen LogP contribution in [0.25, 0.3) is 22.6 Å². The van der Waals surface area contributed by atoms with E-state index in [2.05, 4.69) is 20.3 Å². The number of thiazole rings is 1. The van der Waals surface area contributed by atoms with Crippen LogP contribution in [-0.4, -0.2) is 20.9 Å². The molecular weight excluding hydrogens is 451 g/mol. The van der Waals surface area contributed by atoms with Crippen molar-refractivity contribution < 1.29 is 13.9 Å². The minimum atomic E-state index is -0.379. The van der Waals surface area contributed by atoms with Crippen molar-refractivity contribution >= 4 is 22.4 Å². The summed E-state index contributed by atoms with van der Waals surface area (Å²) in [5.41, 5.74) is 3.17. The van der Waals surface area contributed by atoms with Crippen LogP contribution in [0.15, 0.2) is 90.4 Å². The number of nitrogens with zero attached hydrogens (tertiary/aromatic N) is 2. The van der Waals surface area contributed by atoms with E-state index in [0.29, 0.717) is 28.8 Å². The van der Waals surface area contributed by atoms with Gasteiger partial charge in [0.05, 0.1) is 0 Å². The largest absolute Gasteiger partial charge is 0.489 e. The van der Waals surface area contributed by atoms with Crippen LogP contribution in [0.5, 0.6) is 5.75 Å². The van der Waals surface area contributed by atoms with Crippen LogP contribution < -0.4 is 10.1 Å². The first-order chi connectivity index (χ1) is 16.7. The summed E-state index contributed by atoms with van der Waals surface area (Å²) in [6.07, 6.45) is 1.61. The summed E-state index contributed by atoms with van der Waals surface area (Å²) in [7, 11) is 0. The molecule has 0 aliphatic heterocycles. The Balaban J connectivity index is 1.42. The van der Waals surface area contributed by atoms with Gasteiger partial charge in [0.15, 0.2) is 5.13 Å². The Kier molecular flexibility index (Phi) is 6.13. The summed E-state index contributed by atoms with van der Waals surface area (Å²) >= 11 is 1.32. The molecule has 0 saturated carbocycles. The second-order valence-corrected chi connectivity index (χ2v) is 8.30. The smallest absolute Gasteiger partial charge is 0.276 e. The fraction of sp³-hybridized carbons (Fsp3) is 0.0385. The Morgan fingerprint density at radius 1 is 0.971 bits per heavy atom. The molecule has 2 N–H and O–H groups in total. The lowest BCUT2D eigenvalue weighted by Crippen LogP contribution is -2.13. The third kappa shape index (κ3) is 4.87. The van der Waals surface area contributed by atoms with Crippen LogP contribution in [0.3, 0.4) is 0 Å². The number of aromatic nitrogens is 3. The van der Waals surface area contributed by atoms with E-state index in [9.17, 15) is 9.18 Å². The fourth-order valence-corrected chi connectivity index (χ4v) is 3.91. The summed E-state index contributed by atoms with van der Waals surface area (Å²) in [5.74, 6) is 0.494. The summed E-state index contributed by atoms with van der Waals surface area (Å²) < 4.78 is 19.3. The van der Waals surface area contributed by atoms with E-state index < -0.39 is 0 Å². The highest BCUT2D eigenvalue weighted by atomic mass is 32.1. The fourth-order valence-electron chi connectivity index (χ4n) is 3.39. The SMILES string of the molecule is O=C(Nc1nccs1)c1[nH]c(-c2ccc(OCc3ccccc3)cc2)nc1-c1ccc(F)cc1. The van der Waals surface area contributed by atoms with Gasteiger partial charge >= 0.3 is 0 Å². The number of nitrogens with one attached hydrogen (secondary N) is 2. The van der Waals surface area contributed by atoms with Crippen molar-refractivity contribution in [1.82, 2.24) is 15.0 Å². The zero-order valence-corrected chi connectivity index (χ0v) is 18.7. The number of carbonyl (C=O) groups excluding carboxylic acids is 1. The normalized spacial score (nSPS) is 10.7. The third-order valence-corrected chi connectivity index (χ3v) is 5.77. The molecule has 2 heterocycles. The van der Waals surface area contributed by atoms with Crippen LogP contribution in [0.1, 0.15) is 16.1 Å². The van der Waals surface area contributed by atoms with E-state index in [-0.39, 0.29) is 17.4 Å². The zero-order valence-electron chi connectivity index (χ0n) is 17.9. The van der Waals surface area contributed by atoms with Gasteiger partial charge in [-0.05, 0) is 54.1 Å². The lowest BCUT2D eigenvalue weighted by molar-refractivity contribution is 0.102. The molecule has 8 heteroatoms. The molecule has 0 bridgehead atoms. The lowest BCUT2D eigenvalue weighted by atomic mass is 10.1. The van der Waals surface area contributed by atoms with Gasteiger partial charge in [0, 0.05) is 22.7 Å². The summed E-state index contributed by atoms with van der Waals surface area (Å²) in [5, 5.41) is 5.02. The van der Waals surface area contributed by atoms with Crippen molar-refractivity contribution in [2.75, 3.05) is 5.32 Å². The van der Waals surface area contributed by atoms with E-state index in [1.165, 1.54) is 23.5 Å².